The highest BCUT2D eigenvalue weighted by atomic mass is 16.5. The first-order chi connectivity index (χ1) is 13.9. The maximum atomic E-state index is 12.6. The smallest absolute Gasteiger partial charge is 0.221 e. The van der Waals surface area contributed by atoms with E-state index in [0.717, 1.165) is 49.5 Å². The van der Waals surface area contributed by atoms with Gasteiger partial charge in [0.15, 0.2) is 0 Å². The van der Waals surface area contributed by atoms with E-state index in [1.807, 2.05) is 35.1 Å². The van der Waals surface area contributed by atoms with Gasteiger partial charge in [0.1, 0.15) is 5.75 Å². The van der Waals surface area contributed by atoms with Gasteiger partial charge in [0, 0.05) is 18.5 Å². The summed E-state index contributed by atoms with van der Waals surface area (Å²) in [5.41, 5.74) is 3.42. The molecule has 0 saturated heterocycles. The molecule has 0 fully saturated rings. The maximum absolute atomic E-state index is 12.6. The predicted octanol–water partition coefficient (Wildman–Crippen LogP) is 3.74. The van der Waals surface area contributed by atoms with Crippen molar-refractivity contribution < 1.29 is 9.53 Å². The first kappa shape index (κ1) is 21.4. The van der Waals surface area contributed by atoms with Gasteiger partial charge in [-0.25, -0.2) is 4.68 Å². The summed E-state index contributed by atoms with van der Waals surface area (Å²) in [5, 5.41) is 7.94. The highest BCUT2D eigenvalue weighted by Crippen LogP contribution is 2.41. The van der Waals surface area contributed by atoms with E-state index in [1.165, 1.54) is 5.69 Å². The van der Waals surface area contributed by atoms with E-state index in [1.54, 1.807) is 7.11 Å². The Morgan fingerprint density at radius 1 is 1.28 bits per heavy atom. The van der Waals surface area contributed by atoms with E-state index >= 15 is 0 Å². The van der Waals surface area contributed by atoms with Gasteiger partial charge in [-0.05, 0) is 55.6 Å². The molecule has 1 unspecified atom stereocenters. The van der Waals surface area contributed by atoms with Crippen LogP contribution in [0.15, 0.2) is 30.5 Å². The summed E-state index contributed by atoms with van der Waals surface area (Å²) in [6.07, 6.45) is 4.30. The third kappa shape index (κ3) is 4.99. The van der Waals surface area contributed by atoms with E-state index in [0.29, 0.717) is 6.42 Å². The molecule has 1 aromatic carbocycles. The standard InChI is InChI=1S/C23H34N4O2/c1-6-26(7-2)13-12-22(28)25-20-14-23(3,4)15-21-19(20)16-24-27(21)17-8-10-18(29-5)11-9-17/h8-11,16,20H,6-7,12-15H2,1-5H3,(H,25,28). The van der Waals surface area contributed by atoms with Crippen molar-refractivity contribution in [3.05, 3.63) is 41.7 Å². The minimum Gasteiger partial charge on any atom is -0.497 e. The molecule has 6 nitrogen and oxygen atoms in total. The van der Waals surface area contributed by atoms with Crippen LogP contribution in [-0.2, 0) is 11.2 Å². The SMILES string of the molecule is CCN(CC)CCC(=O)NC1CC(C)(C)Cc2c1cnn2-c1ccc(OC)cc1. The number of hydrogen-bond donors (Lipinski definition) is 1. The van der Waals surface area contributed by atoms with Gasteiger partial charge in [-0.15, -0.1) is 0 Å². The fraction of sp³-hybridized carbons (Fsp3) is 0.565. The van der Waals surface area contributed by atoms with Crippen molar-refractivity contribution in [1.29, 1.82) is 0 Å². The van der Waals surface area contributed by atoms with Crippen molar-refractivity contribution in [2.24, 2.45) is 5.41 Å². The topological polar surface area (TPSA) is 59.4 Å². The molecular formula is C23H34N4O2. The molecule has 0 radical (unpaired) electrons. The van der Waals surface area contributed by atoms with Crippen LogP contribution in [0, 0.1) is 5.41 Å². The molecule has 2 aromatic rings. The lowest BCUT2D eigenvalue weighted by atomic mass is 9.74. The number of nitrogens with zero attached hydrogens (tertiary/aromatic N) is 3. The van der Waals surface area contributed by atoms with Crippen molar-refractivity contribution in [1.82, 2.24) is 20.0 Å². The molecule has 1 aliphatic carbocycles. The zero-order valence-corrected chi connectivity index (χ0v) is 18.4. The van der Waals surface area contributed by atoms with E-state index in [-0.39, 0.29) is 17.4 Å². The van der Waals surface area contributed by atoms with Crippen LogP contribution in [0.2, 0.25) is 0 Å². The number of carbonyl (C=O) groups excluding carboxylic acids is 1. The number of benzene rings is 1. The molecule has 1 aromatic heterocycles. The van der Waals surface area contributed by atoms with Crippen LogP contribution in [-0.4, -0.2) is 47.3 Å². The number of rotatable bonds is 8. The van der Waals surface area contributed by atoms with Crippen LogP contribution >= 0.6 is 0 Å². The van der Waals surface area contributed by atoms with Crippen LogP contribution in [0.1, 0.15) is 57.8 Å². The van der Waals surface area contributed by atoms with Gasteiger partial charge in [-0.1, -0.05) is 27.7 Å². The molecule has 0 saturated carbocycles. The number of hydrogen-bond acceptors (Lipinski definition) is 4. The molecule has 0 aliphatic heterocycles. The van der Waals surface area contributed by atoms with Crippen molar-refractivity contribution >= 4 is 5.91 Å². The Kier molecular flexibility index (Phi) is 6.63. The summed E-state index contributed by atoms with van der Waals surface area (Å²) in [5.74, 6) is 0.941. The van der Waals surface area contributed by atoms with Crippen molar-refractivity contribution in [3.63, 3.8) is 0 Å². The number of fused-ring (bicyclic) bond motifs is 1. The molecule has 1 atom stereocenters. The molecule has 6 heteroatoms. The third-order valence-corrected chi connectivity index (χ3v) is 5.88. The number of nitrogens with one attached hydrogen (secondary N) is 1. The second-order valence-corrected chi connectivity index (χ2v) is 8.60. The summed E-state index contributed by atoms with van der Waals surface area (Å²) in [4.78, 5) is 14.9. The molecule has 1 heterocycles. The van der Waals surface area contributed by atoms with Crippen molar-refractivity contribution in [2.45, 2.75) is 53.0 Å². The molecule has 158 valence electrons. The largest absolute Gasteiger partial charge is 0.497 e. The lowest BCUT2D eigenvalue weighted by molar-refractivity contribution is -0.122. The van der Waals surface area contributed by atoms with Gasteiger partial charge >= 0.3 is 0 Å². The Bertz CT molecular complexity index is 822. The zero-order valence-electron chi connectivity index (χ0n) is 18.4. The maximum Gasteiger partial charge on any atom is 0.221 e. The number of aromatic nitrogens is 2. The van der Waals surface area contributed by atoms with Gasteiger partial charge in [-0.3, -0.25) is 4.79 Å². The Morgan fingerprint density at radius 3 is 2.59 bits per heavy atom. The van der Waals surface area contributed by atoms with Gasteiger partial charge in [-0.2, -0.15) is 5.10 Å². The van der Waals surface area contributed by atoms with Crippen LogP contribution in [0.3, 0.4) is 0 Å². The Labute approximate surface area is 174 Å². The average Bonchev–Trinajstić information content (AvgIpc) is 3.11. The molecule has 0 spiro atoms. The second kappa shape index (κ2) is 8.99. The minimum absolute atomic E-state index is 0.00458. The van der Waals surface area contributed by atoms with Gasteiger partial charge in [0.25, 0.3) is 0 Å². The van der Waals surface area contributed by atoms with Crippen LogP contribution in [0.5, 0.6) is 5.75 Å². The molecule has 3 rings (SSSR count). The van der Waals surface area contributed by atoms with Crippen LogP contribution in [0.25, 0.3) is 5.69 Å². The number of amides is 1. The highest BCUT2D eigenvalue weighted by molar-refractivity contribution is 5.76. The van der Waals surface area contributed by atoms with Crippen LogP contribution < -0.4 is 10.1 Å². The lowest BCUT2D eigenvalue weighted by Gasteiger charge is -2.36. The fourth-order valence-electron chi connectivity index (χ4n) is 4.18. The normalized spacial score (nSPS) is 17.8. The monoisotopic (exact) mass is 398 g/mol. The Morgan fingerprint density at radius 2 is 1.97 bits per heavy atom. The molecule has 1 N–H and O–H groups in total. The minimum atomic E-state index is 0.00458. The van der Waals surface area contributed by atoms with E-state index in [2.05, 4.69) is 43.0 Å². The van der Waals surface area contributed by atoms with E-state index in [4.69, 9.17) is 4.74 Å². The van der Waals surface area contributed by atoms with Gasteiger partial charge in [0.05, 0.1) is 30.7 Å². The molecule has 1 aliphatic rings. The predicted molar refractivity (Wildman–Crippen MR) is 116 cm³/mol. The molecular weight excluding hydrogens is 364 g/mol. The van der Waals surface area contributed by atoms with E-state index < -0.39 is 0 Å². The highest BCUT2D eigenvalue weighted by Gasteiger charge is 2.36. The number of carbonyl (C=O) groups is 1. The summed E-state index contributed by atoms with van der Waals surface area (Å²) < 4.78 is 7.27. The number of methoxy groups -OCH3 is 1. The average molecular weight is 399 g/mol. The molecule has 1 amide bonds. The zero-order chi connectivity index (χ0) is 21.0. The summed E-state index contributed by atoms with van der Waals surface area (Å²) in [6.45, 7) is 11.5. The first-order valence-electron chi connectivity index (χ1n) is 10.6. The summed E-state index contributed by atoms with van der Waals surface area (Å²) >= 11 is 0. The summed E-state index contributed by atoms with van der Waals surface area (Å²) in [7, 11) is 1.67. The van der Waals surface area contributed by atoms with Crippen LogP contribution in [0.4, 0.5) is 0 Å². The lowest BCUT2D eigenvalue weighted by Crippen LogP contribution is -2.38. The van der Waals surface area contributed by atoms with E-state index in [9.17, 15) is 4.79 Å². The van der Waals surface area contributed by atoms with Crippen molar-refractivity contribution in [2.75, 3.05) is 26.7 Å². The first-order valence-corrected chi connectivity index (χ1v) is 10.6. The third-order valence-electron chi connectivity index (χ3n) is 5.88. The molecule has 0 bridgehead atoms. The van der Waals surface area contributed by atoms with Gasteiger partial charge in [0.2, 0.25) is 5.91 Å². The molecule has 29 heavy (non-hydrogen) atoms. The Balaban J connectivity index is 1.80. The quantitative estimate of drug-likeness (QED) is 0.736. The summed E-state index contributed by atoms with van der Waals surface area (Å²) in [6, 6.07) is 7.94. The second-order valence-electron chi connectivity index (χ2n) is 8.60. The number of ether oxygens (including phenoxy) is 1. The fourth-order valence-corrected chi connectivity index (χ4v) is 4.18. The van der Waals surface area contributed by atoms with Gasteiger partial charge < -0.3 is 15.0 Å². The van der Waals surface area contributed by atoms with Crippen molar-refractivity contribution in [3.8, 4) is 11.4 Å². The Hall–Kier alpha value is -2.34.